The van der Waals surface area contributed by atoms with Gasteiger partial charge in [-0.1, -0.05) is 6.92 Å². The standard InChI is InChI=1S/C11H22N2O3/c1-3-9(8-16-2)12-11(15)13-6-4-5-10(14)7-13/h9-10,14H,3-8H2,1-2H3,(H,12,15). The van der Waals surface area contributed by atoms with E-state index >= 15 is 0 Å². The van der Waals surface area contributed by atoms with Gasteiger partial charge in [-0.15, -0.1) is 0 Å². The summed E-state index contributed by atoms with van der Waals surface area (Å²) >= 11 is 0. The fraction of sp³-hybridized carbons (Fsp3) is 0.909. The number of hydrogen-bond donors (Lipinski definition) is 2. The smallest absolute Gasteiger partial charge is 0.317 e. The van der Waals surface area contributed by atoms with Crippen molar-refractivity contribution in [3.05, 3.63) is 0 Å². The van der Waals surface area contributed by atoms with E-state index in [1.807, 2.05) is 6.92 Å². The lowest BCUT2D eigenvalue weighted by Gasteiger charge is -2.31. The average Bonchev–Trinajstić information content (AvgIpc) is 2.28. The van der Waals surface area contributed by atoms with Gasteiger partial charge in [0.25, 0.3) is 0 Å². The van der Waals surface area contributed by atoms with Crippen molar-refractivity contribution in [2.24, 2.45) is 0 Å². The Bertz CT molecular complexity index is 223. The Morgan fingerprint density at radius 2 is 2.44 bits per heavy atom. The number of hydrogen-bond acceptors (Lipinski definition) is 3. The minimum atomic E-state index is -0.373. The minimum absolute atomic E-state index is 0.0524. The molecule has 2 atom stereocenters. The number of ether oxygens (including phenoxy) is 1. The van der Waals surface area contributed by atoms with Gasteiger partial charge in [0.15, 0.2) is 0 Å². The van der Waals surface area contributed by atoms with E-state index in [-0.39, 0.29) is 18.2 Å². The summed E-state index contributed by atoms with van der Waals surface area (Å²) in [7, 11) is 1.62. The molecule has 0 saturated carbocycles. The molecule has 5 nitrogen and oxygen atoms in total. The Hall–Kier alpha value is -0.810. The van der Waals surface area contributed by atoms with Crippen molar-refractivity contribution in [2.45, 2.75) is 38.3 Å². The second-order valence-electron chi connectivity index (χ2n) is 4.25. The molecule has 0 aromatic heterocycles. The Morgan fingerprint density at radius 3 is 3.00 bits per heavy atom. The normalized spacial score (nSPS) is 22.9. The molecular formula is C11H22N2O3. The van der Waals surface area contributed by atoms with Gasteiger partial charge in [-0.2, -0.15) is 0 Å². The number of methoxy groups -OCH3 is 1. The SMILES string of the molecule is CCC(COC)NC(=O)N1CCCC(O)C1. The molecule has 2 unspecified atom stereocenters. The number of β-amino-alcohol motifs (C(OH)–C–C–N with tert-alkyl or cyclic N) is 1. The zero-order valence-electron chi connectivity index (χ0n) is 10.1. The Kier molecular flexibility index (Phi) is 5.55. The monoisotopic (exact) mass is 230 g/mol. The third kappa shape index (κ3) is 3.98. The molecule has 0 bridgehead atoms. The molecule has 0 aromatic carbocycles. The number of aliphatic hydroxyl groups is 1. The van der Waals surface area contributed by atoms with Crippen LogP contribution in [0.2, 0.25) is 0 Å². The van der Waals surface area contributed by atoms with Crippen LogP contribution in [0.1, 0.15) is 26.2 Å². The first-order valence-electron chi connectivity index (χ1n) is 5.89. The molecule has 0 aliphatic carbocycles. The number of urea groups is 1. The maximum Gasteiger partial charge on any atom is 0.317 e. The maximum absolute atomic E-state index is 11.8. The lowest BCUT2D eigenvalue weighted by atomic mass is 10.1. The van der Waals surface area contributed by atoms with E-state index in [2.05, 4.69) is 5.32 Å². The molecule has 0 spiro atoms. The van der Waals surface area contributed by atoms with Crippen molar-refractivity contribution in [3.8, 4) is 0 Å². The van der Waals surface area contributed by atoms with Crippen LogP contribution in [0.4, 0.5) is 4.79 Å². The van der Waals surface area contributed by atoms with Gasteiger partial charge in [0.05, 0.1) is 18.8 Å². The molecule has 2 amide bonds. The number of carbonyl (C=O) groups is 1. The van der Waals surface area contributed by atoms with Crippen molar-refractivity contribution in [1.82, 2.24) is 10.2 Å². The van der Waals surface area contributed by atoms with Crippen LogP contribution in [0, 0.1) is 0 Å². The molecule has 1 rings (SSSR count). The summed E-state index contributed by atoms with van der Waals surface area (Å²) in [6.07, 6.45) is 2.13. The first kappa shape index (κ1) is 13.3. The van der Waals surface area contributed by atoms with Crippen molar-refractivity contribution in [3.63, 3.8) is 0 Å². The van der Waals surface area contributed by atoms with E-state index in [0.717, 1.165) is 25.8 Å². The molecule has 1 heterocycles. The second-order valence-corrected chi connectivity index (χ2v) is 4.25. The summed E-state index contributed by atoms with van der Waals surface area (Å²) in [6.45, 7) is 3.70. The summed E-state index contributed by atoms with van der Waals surface area (Å²) in [5.74, 6) is 0. The van der Waals surface area contributed by atoms with Crippen molar-refractivity contribution < 1.29 is 14.6 Å². The molecule has 1 aliphatic heterocycles. The maximum atomic E-state index is 11.8. The van der Waals surface area contributed by atoms with Crippen LogP contribution in [0.5, 0.6) is 0 Å². The molecule has 2 N–H and O–H groups in total. The Labute approximate surface area is 96.8 Å². The highest BCUT2D eigenvalue weighted by atomic mass is 16.5. The first-order valence-corrected chi connectivity index (χ1v) is 5.89. The molecule has 94 valence electrons. The van der Waals surface area contributed by atoms with Crippen molar-refractivity contribution in [1.29, 1.82) is 0 Å². The topological polar surface area (TPSA) is 61.8 Å². The number of carbonyl (C=O) groups excluding carboxylic acids is 1. The summed E-state index contributed by atoms with van der Waals surface area (Å²) in [5.41, 5.74) is 0. The molecule has 1 saturated heterocycles. The van der Waals surface area contributed by atoms with E-state index in [1.54, 1.807) is 12.0 Å². The average molecular weight is 230 g/mol. The van der Waals surface area contributed by atoms with Gasteiger partial charge < -0.3 is 20.1 Å². The van der Waals surface area contributed by atoms with Crippen molar-refractivity contribution in [2.75, 3.05) is 26.8 Å². The number of aliphatic hydroxyl groups excluding tert-OH is 1. The third-order valence-electron chi connectivity index (χ3n) is 2.87. The predicted molar refractivity (Wildman–Crippen MR) is 61.3 cm³/mol. The van der Waals surface area contributed by atoms with Crippen LogP contribution >= 0.6 is 0 Å². The summed E-state index contributed by atoms with van der Waals surface area (Å²) < 4.78 is 5.02. The second kappa shape index (κ2) is 6.70. The van der Waals surface area contributed by atoms with Gasteiger partial charge in [-0.05, 0) is 19.3 Å². The van der Waals surface area contributed by atoms with Crippen LogP contribution in [-0.2, 0) is 4.74 Å². The highest BCUT2D eigenvalue weighted by Gasteiger charge is 2.23. The number of rotatable bonds is 4. The molecule has 0 aromatic rings. The Balaban J connectivity index is 2.37. The zero-order chi connectivity index (χ0) is 12.0. The quantitative estimate of drug-likeness (QED) is 0.742. The number of amides is 2. The van der Waals surface area contributed by atoms with Gasteiger partial charge in [-0.3, -0.25) is 0 Å². The lowest BCUT2D eigenvalue weighted by Crippen LogP contribution is -2.50. The molecule has 0 radical (unpaired) electrons. The number of nitrogens with one attached hydrogen (secondary N) is 1. The summed E-state index contributed by atoms with van der Waals surface area (Å²) in [6, 6.07) is -0.0424. The van der Waals surface area contributed by atoms with E-state index in [9.17, 15) is 9.90 Å². The van der Waals surface area contributed by atoms with Gasteiger partial charge in [0.1, 0.15) is 0 Å². The largest absolute Gasteiger partial charge is 0.391 e. The van der Waals surface area contributed by atoms with E-state index in [1.165, 1.54) is 0 Å². The first-order chi connectivity index (χ1) is 7.67. The molecule has 5 heteroatoms. The number of piperidine rings is 1. The van der Waals surface area contributed by atoms with E-state index in [0.29, 0.717) is 13.2 Å². The fourth-order valence-corrected chi connectivity index (χ4v) is 1.87. The summed E-state index contributed by atoms with van der Waals surface area (Å²) in [4.78, 5) is 13.5. The fourth-order valence-electron chi connectivity index (χ4n) is 1.87. The van der Waals surface area contributed by atoms with Gasteiger partial charge in [-0.25, -0.2) is 4.79 Å². The highest BCUT2D eigenvalue weighted by Crippen LogP contribution is 2.10. The van der Waals surface area contributed by atoms with Crippen LogP contribution in [0.15, 0.2) is 0 Å². The molecule has 1 fully saturated rings. The minimum Gasteiger partial charge on any atom is -0.391 e. The van der Waals surface area contributed by atoms with Crippen molar-refractivity contribution >= 4 is 6.03 Å². The summed E-state index contributed by atoms with van der Waals surface area (Å²) in [5, 5.41) is 12.4. The molecular weight excluding hydrogens is 208 g/mol. The number of nitrogens with zero attached hydrogens (tertiary/aromatic N) is 1. The predicted octanol–water partition coefficient (Wildman–Crippen LogP) is 0.578. The number of likely N-dealkylation sites (tertiary alicyclic amines) is 1. The lowest BCUT2D eigenvalue weighted by molar-refractivity contribution is 0.0810. The van der Waals surface area contributed by atoms with Crippen LogP contribution < -0.4 is 5.32 Å². The van der Waals surface area contributed by atoms with Gasteiger partial charge in [0, 0.05) is 20.2 Å². The molecule has 16 heavy (non-hydrogen) atoms. The van der Waals surface area contributed by atoms with E-state index < -0.39 is 0 Å². The third-order valence-corrected chi connectivity index (χ3v) is 2.87. The van der Waals surface area contributed by atoms with Gasteiger partial charge in [0.2, 0.25) is 0 Å². The van der Waals surface area contributed by atoms with Crippen LogP contribution in [0.3, 0.4) is 0 Å². The Morgan fingerprint density at radius 1 is 1.69 bits per heavy atom. The zero-order valence-corrected chi connectivity index (χ0v) is 10.1. The molecule has 1 aliphatic rings. The van der Waals surface area contributed by atoms with E-state index in [4.69, 9.17) is 4.74 Å². The van der Waals surface area contributed by atoms with Crippen LogP contribution in [0.25, 0.3) is 0 Å². The van der Waals surface area contributed by atoms with Gasteiger partial charge >= 0.3 is 6.03 Å². The van der Waals surface area contributed by atoms with Crippen LogP contribution in [-0.4, -0.2) is 55.0 Å². The highest BCUT2D eigenvalue weighted by molar-refractivity contribution is 5.74.